The lowest BCUT2D eigenvalue weighted by molar-refractivity contribution is 0.0702. The molecule has 4 rings (SSSR count). The van der Waals surface area contributed by atoms with Gasteiger partial charge in [-0.25, -0.2) is 0 Å². The van der Waals surface area contributed by atoms with E-state index in [2.05, 4.69) is 41.0 Å². The number of aryl methyl sites for hydroxylation is 2. The molecule has 0 aromatic carbocycles. The molecule has 1 fully saturated rings. The Hall–Kier alpha value is -2.97. The van der Waals surface area contributed by atoms with Gasteiger partial charge in [-0.1, -0.05) is 25.9 Å². The van der Waals surface area contributed by atoms with E-state index in [4.69, 9.17) is 9.62 Å². The van der Waals surface area contributed by atoms with Crippen LogP contribution in [-0.2, 0) is 5.41 Å². The first-order valence-electron chi connectivity index (χ1n) is 9.34. The van der Waals surface area contributed by atoms with Gasteiger partial charge in [-0.2, -0.15) is 4.52 Å². The lowest BCUT2D eigenvalue weighted by Gasteiger charge is -2.44. The highest BCUT2D eigenvalue weighted by atomic mass is 16.5. The van der Waals surface area contributed by atoms with Crippen LogP contribution in [0.4, 0.5) is 5.82 Å². The Bertz CT molecular complexity index is 1020. The molecule has 28 heavy (non-hydrogen) atoms. The molecule has 0 bridgehead atoms. The van der Waals surface area contributed by atoms with Gasteiger partial charge in [0.1, 0.15) is 17.1 Å². The van der Waals surface area contributed by atoms with E-state index in [-0.39, 0.29) is 17.4 Å². The van der Waals surface area contributed by atoms with Gasteiger partial charge in [-0.15, -0.1) is 15.3 Å². The number of anilines is 1. The molecule has 1 aliphatic rings. The van der Waals surface area contributed by atoms with Gasteiger partial charge >= 0.3 is 0 Å². The van der Waals surface area contributed by atoms with Gasteiger partial charge in [0.05, 0.1) is 11.7 Å². The minimum atomic E-state index is -0.149. The number of rotatable bonds is 3. The highest BCUT2D eigenvalue weighted by Gasteiger charge is 2.35. The molecule has 1 aliphatic heterocycles. The highest BCUT2D eigenvalue weighted by Crippen LogP contribution is 2.26. The Morgan fingerprint density at radius 2 is 1.93 bits per heavy atom. The number of fused-ring (bicyclic) bond motifs is 1. The molecule has 0 unspecified atom stereocenters. The Morgan fingerprint density at radius 3 is 2.54 bits per heavy atom. The van der Waals surface area contributed by atoms with Gasteiger partial charge < -0.3 is 14.3 Å². The third kappa shape index (κ3) is 2.90. The van der Waals surface area contributed by atoms with Crippen LogP contribution in [0, 0.1) is 13.8 Å². The number of likely N-dealkylation sites (N-methyl/N-ethyl adjacent to an activating group) is 1. The molecule has 3 aromatic heterocycles. The molecule has 0 radical (unpaired) electrons. The largest absolute Gasteiger partial charge is 0.361 e. The number of hydrogen-bond donors (Lipinski definition) is 0. The monoisotopic (exact) mass is 383 g/mol. The summed E-state index contributed by atoms with van der Waals surface area (Å²) in [6.07, 6.45) is 0. The molecule has 3 aromatic rings. The number of amides is 1. The van der Waals surface area contributed by atoms with E-state index < -0.39 is 0 Å². The number of hydrogen-bond acceptors (Lipinski definition) is 7. The van der Waals surface area contributed by atoms with E-state index in [9.17, 15) is 4.79 Å². The molecular weight excluding hydrogens is 358 g/mol. The van der Waals surface area contributed by atoms with Crippen LogP contribution < -0.4 is 4.90 Å². The fourth-order valence-corrected chi connectivity index (χ4v) is 3.43. The van der Waals surface area contributed by atoms with Crippen LogP contribution in [-0.4, -0.2) is 62.0 Å². The van der Waals surface area contributed by atoms with Crippen molar-refractivity contribution in [1.82, 2.24) is 29.9 Å². The first kappa shape index (κ1) is 18.4. The molecule has 1 amide bonds. The average Bonchev–Trinajstić information content (AvgIpc) is 3.15. The van der Waals surface area contributed by atoms with Crippen molar-refractivity contribution in [2.45, 2.75) is 46.1 Å². The zero-order valence-corrected chi connectivity index (χ0v) is 17.1. The summed E-state index contributed by atoms with van der Waals surface area (Å²) in [6.45, 7) is 11.3. The van der Waals surface area contributed by atoms with Gasteiger partial charge in [-0.05, 0) is 26.0 Å². The molecule has 0 saturated carbocycles. The molecule has 9 heteroatoms. The fraction of sp³-hybridized carbons (Fsp3) is 0.526. The van der Waals surface area contributed by atoms with Crippen molar-refractivity contribution in [2.24, 2.45) is 0 Å². The second-order valence-corrected chi connectivity index (χ2v) is 8.41. The summed E-state index contributed by atoms with van der Waals surface area (Å²) in [7, 11) is 1.82. The van der Waals surface area contributed by atoms with E-state index >= 15 is 0 Å². The summed E-state index contributed by atoms with van der Waals surface area (Å²) in [4.78, 5) is 16.7. The van der Waals surface area contributed by atoms with Crippen LogP contribution >= 0.6 is 0 Å². The number of nitrogens with zero attached hydrogens (tertiary/aromatic N) is 7. The minimum absolute atomic E-state index is 0.0573. The van der Waals surface area contributed by atoms with Crippen molar-refractivity contribution in [1.29, 1.82) is 0 Å². The molecule has 0 aliphatic carbocycles. The van der Waals surface area contributed by atoms with E-state index in [1.807, 2.05) is 19.2 Å². The summed E-state index contributed by atoms with van der Waals surface area (Å²) in [6, 6.07) is 3.99. The van der Waals surface area contributed by atoms with Crippen LogP contribution in [0.5, 0.6) is 0 Å². The average molecular weight is 383 g/mol. The summed E-state index contributed by atoms with van der Waals surface area (Å²) in [5.41, 5.74) is 1.76. The lowest BCUT2D eigenvalue weighted by atomic mass is 9.96. The van der Waals surface area contributed by atoms with Crippen molar-refractivity contribution >= 4 is 17.4 Å². The van der Waals surface area contributed by atoms with Crippen LogP contribution in [0.15, 0.2) is 16.7 Å². The van der Waals surface area contributed by atoms with Gasteiger partial charge in [0.25, 0.3) is 5.91 Å². The predicted octanol–water partition coefficient (Wildman–Crippen LogP) is 1.99. The third-order valence-corrected chi connectivity index (χ3v) is 5.22. The summed E-state index contributed by atoms with van der Waals surface area (Å²) in [5, 5.41) is 17.1. The fourth-order valence-electron chi connectivity index (χ4n) is 3.43. The maximum absolute atomic E-state index is 12.8. The summed E-state index contributed by atoms with van der Waals surface area (Å²) >= 11 is 0. The normalized spacial score (nSPS) is 15.1. The number of carbonyl (C=O) groups is 1. The first-order valence-corrected chi connectivity index (χ1v) is 9.34. The maximum atomic E-state index is 12.8. The zero-order valence-electron chi connectivity index (χ0n) is 17.1. The number of carbonyl (C=O) groups excluding carboxylic acids is 1. The first-order chi connectivity index (χ1) is 13.2. The van der Waals surface area contributed by atoms with Crippen molar-refractivity contribution in [2.75, 3.05) is 25.0 Å². The molecule has 0 atom stereocenters. The molecular formula is C19H25N7O2. The molecule has 4 heterocycles. The summed E-state index contributed by atoms with van der Waals surface area (Å²) < 4.78 is 6.93. The lowest BCUT2D eigenvalue weighted by Crippen LogP contribution is -2.60. The van der Waals surface area contributed by atoms with E-state index in [0.29, 0.717) is 17.0 Å². The topological polar surface area (TPSA) is 92.7 Å². The van der Waals surface area contributed by atoms with Crippen molar-refractivity contribution < 1.29 is 9.32 Å². The van der Waals surface area contributed by atoms with Crippen molar-refractivity contribution in [3.63, 3.8) is 0 Å². The van der Waals surface area contributed by atoms with Crippen LogP contribution in [0.1, 0.15) is 48.4 Å². The smallest absolute Gasteiger partial charge is 0.259 e. The van der Waals surface area contributed by atoms with Crippen LogP contribution in [0.25, 0.3) is 5.65 Å². The molecule has 9 nitrogen and oxygen atoms in total. The van der Waals surface area contributed by atoms with E-state index in [0.717, 1.165) is 30.4 Å². The maximum Gasteiger partial charge on any atom is 0.259 e. The number of aromatic nitrogens is 5. The van der Waals surface area contributed by atoms with E-state index in [1.165, 1.54) is 0 Å². The second kappa shape index (κ2) is 6.29. The molecule has 0 spiro atoms. The molecule has 148 valence electrons. The van der Waals surface area contributed by atoms with Gasteiger partial charge in [0, 0.05) is 25.6 Å². The third-order valence-electron chi connectivity index (χ3n) is 5.22. The highest BCUT2D eigenvalue weighted by molar-refractivity contribution is 5.96. The van der Waals surface area contributed by atoms with Crippen molar-refractivity contribution in [3.8, 4) is 0 Å². The van der Waals surface area contributed by atoms with Gasteiger partial charge in [0.15, 0.2) is 11.5 Å². The zero-order chi connectivity index (χ0) is 20.2. The molecule has 1 saturated heterocycles. The van der Waals surface area contributed by atoms with Gasteiger partial charge in [-0.3, -0.25) is 4.79 Å². The Balaban J connectivity index is 1.50. The Labute approximate surface area is 163 Å². The Morgan fingerprint density at radius 1 is 1.21 bits per heavy atom. The summed E-state index contributed by atoms with van der Waals surface area (Å²) in [5.74, 6) is 2.18. The Kier molecular flexibility index (Phi) is 4.13. The van der Waals surface area contributed by atoms with Crippen LogP contribution in [0.2, 0.25) is 0 Å². The predicted molar refractivity (Wildman–Crippen MR) is 104 cm³/mol. The SMILES string of the molecule is Cc1noc(C)c1C(=O)N(C)C1CN(c2ccc3nnc(C(C)(C)C)n3n2)C1. The quantitative estimate of drug-likeness (QED) is 0.683. The van der Waals surface area contributed by atoms with Crippen LogP contribution in [0.3, 0.4) is 0 Å². The second-order valence-electron chi connectivity index (χ2n) is 8.41. The standard InChI is InChI=1S/C19H25N7O2/c1-11-16(12(2)28-23-11)17(27)24(6)13-9-25(10-13)15-8-7-14-20-21-18(19(3,4)5)26(14)22-15/h7-8,13H,9-10H2,1-6H3. The van der Waals surface area contributed by atoms with Crippen molar-refractivity contribution in [3.05, 3.63) is 35.0 Å². The minimum Gasteiger partial charge on any atom is -0.361 e. The van der Waals surface area contributed by atoms with E-state index in [1.54, 1.807) is 23.3 Å². The van der Waals surface area contributed by atoms with Gasteiger partial charge in [0.2, 0.25) is 0 Å². The molecule has 0 N–H and O–H groups in total.